The SMILES string of the molecule is O=S(=O)(Nc1cccc2c1CNCC2)c1sccc1Br. The van der Waals surface area contributed by atoms with Gasteiger partial charge >= 0.3 is 0 Å². The average Bonchev–Trinajstić information content (AvgIpc) is 2.86. The number of benzene rings is 1. The number of rotatable bonds is 3. The van der Waals surface area contributed by atoms with Crippen LogP contribution in [-0.2, 0) is 23.0 Å². The van der Waals surface area contributed by atoms with Gasteiger partial charge < -0.3 is 5.32 Å². The summed E-state index contributed by atoms with van der Waals surface area (Å²) in [6, 6.07) is 7.49. The molecule has 1 aromatic heterocycles. The molecule has 3 rings (SSSR count). The first-order valence-electron chi connectivity index (χ1n) is 6.15. The summed E-state index contributed by atoms with van der Waals surface area (Å²) in [5.74, 6) is 0. The average molecular weight is 373 g/mol. The number of anilines is 1. The number of fused-ring (bicyclic) bond motifs is 1. The first kappa shape index (κ1) is 14.1. The van der Waals surface area contributed by atoms with Crippen LogP contribution in [0.25, 0.3) is 0 Å². The normalized spacial score (nSPS) is 14.8. The topological polar surface area (TPSA) is 58.2 Å². The van der Waals surface area contributed by atoms with E-state index in [1.807, 2.05) is 12.1 Å². The highest BCUT2D eigenvalue weighted by molar-refractivity contribution is 9.10. The highest BCUT2D eigenvalue weighted by atomic mass is 79.9. The van der Waals surface area contributed by atoms with Gasteiger partial charge in [0.2, 0.25) is 0 Å². The van der Waals surface area contributed by atoms with Crippen molar-refractivity contribution in [2.75, 3.05) is 11.3 Å². The van der Waals surface area contributed by atoms with Gasteiger partial charge in [-0.25, -0.2) is 8.42 Å². The van der Waals surface area contributed by atoms with Crippen LogP contribution in [0.1, 0.15) is 11.1 Å². The maximum atomic E-state index is 12.4. The number of sulfonamides is 1. The van der Waals surface area contributed by atoms with Crippen LogP contribution in [0.15, 0.2) is 38.3 Å². The summed E-state index contributed by atoms with van der Waals surface area (Å²) in [5, 5.41) is 5.02. The van der Waals surface area contributed by atoms with E-state index in [9.17, 15) is 8.42 Å². The van der Waals surface area contributed by atoms with Crippen molar-refractivity contribution in [1.29, 1.82) is 0 Å². The third-order valence-corrected chi connectivity index (χ3v) is 7.25. The molecule has 2 N–H and O–H groups in total. The van der Waals surface area contributed by atoms with Gasteiger partial charge in [-0.05, 0) is 57.5 Å². The quantitative estimate of drug-likeness (QED) is 0.870. The molecule has 1 aliphatic heterocycles. The molecule has 2 aromatic rings. The lowest BCUT2D eigenvalue weighted by Gasteiger charge is -2.20. The van der Waals surface area contributed by atoms with Gasteiger partial charge in [-0.1, -0.05) is 12.1 Å². The fraction of sp³-hybridized carbons (Fsp3) is 0.231. The summed E-state index contributed by atoms with van der Waals surface area (Å²) in [6.45, 7) is 1.62. The van der Waals surface area contributed by atoms with Gasteiger partial charge in [0, 0.05) is 11.0 Å². The zero-order valence-corrected chi connectivity index (χ0v) is 13.7. The molecule has 0 aliphatic carbocycles. The summed E-state index contributed by atoms with van der Waals surface area (Å²) in [6.07, 6.45) is 0.924. The van der Waals surface area contributed by atoms with Crippen LogP contribution in [0.2, 0.25) is 0 Å². The lowest BCUT2D eigenvalue weighted by atomic mass is 10.00. The molecule has 7 heteroatoms. The molecule has 1 aromatic carbocycles. The molecule has 0 spiro atoms. The molecule has 106 valence electrons. The van der Waals surface area contributed by atoms with Crippen molar-refractivity contribution in [1.82, 2.24) is 5.32 Å². The van der Waals surface area contributed by atoms with Gasteiger partial charge in [0.15, 0.2) is 4.21 Å². The molecule has 0 saturated heterocycles. The Labute approximate surface area is 130 Å². The van der Waals surface area contributed by atoms with E-state index in [1.165, 1.54) is 16.9 Å². The Hall–Kier alpha value is -0.890. The Bertz CT molecular complexity index is 741. The summed E-state index contributed by atoms with van der Waals surface area (Å²) in [7, 11) is -3.54. The van der Waals surface area contributed by atoms with E-state index >= 15 is 0 Å². The van der Waals surface area contributed by atoms with Crippen LogP contribution >= 0.6 is 27.3 Å². The minimum absolute atomic E-state index is 0.305. The van der Waals surface area contributed by atoms with Crippen LogP contribution < -0.4 is 10.0 Å². The Morgan fingerprint density at radius 2 is 2.15 bits per heavy atom. The first-order valence-corrected chi connectivity index (χ1v) is 9.31. The Morgan fingerprint density at radius 1 is 1.30 bits per heavy atom. The Kier molecular flexibility index (Phi) is 3.85. The van der Waals surface area contributed by atoms with E-state index in [0.717, 1.165) is 18.5 Å². The molecule has 1 aliphatic rings. The van der Waals surface area contributed by atoms with Gasteiger partial charge in [-0.15, -0.1) is 11.3 Å². The van der Waals surface area contributed by atoms with Crippen molar-refractivity contribution >= 4 is 43.0 Å². The standard InChI is InChI=1S/C13H13BrN2O2S2/c14-11-5-7-19-13(11)20(17,18)16-12-3-1-2-9-4-6-15-8-10(9)12/h1-3,5,7,15-16H,4,6,8H2. The van der Waals surface area contributed by atoms with E-state index in [-0.39, 0.29) is 0 Å². The number of nitrogens with one attached hydrogen (secondary N) is 2. The van der Waals surface area contributed by atoms with E-state index in [4.69, 9.17) is 0 Å². The summed E-state index contributed by atoms with van der Waals surface area (Å²) in [5.41, 5.74) is 2.90. The largest absolute Gasteiger partial charge is 0.312 e. The molecule has 20 heavy (non-hydrogen) atoms. The number of hydrogen-bond acceptors (Lipinski definition) is 4. The molecule has 2 heterocycles. The maximum absolute atomic E-state index is 12.4. The molecule has 0 amide bonds. The highest BCUT2D eigenvalue weighted by Gasteiger charge is 2.22. The van der Waals surface area contributed by atoms with E-state index in [2.05, 4.69) is 32.0 Å². The summed E-state index contributed by atoms with van der Waals surface area (Å²) >= 11 is 4.47. The monoisotopic (exact) mass is 372 g/mol. The van der Waals surface area contributed by atoms with Crippen molar-refractivity contribution in [3.05, 3.63) is 45.2 Å². The van der Waals surface area contributed by atoms with Crippen LogP contribution in [0.5, 0.6) is 0 Å². The Morgan fingerprint density at radius 3 is 2.90 bits per heavy atom. The maximum Gasteiger partial charge on any atom is 0.272 e. The minimum atomic E-state index is -3.54. The molecule has 0 saturated carbocycles. The second kappa shape index (κ2) is 5.48. The molecule has 0 unspecified atom stereocenters. The third kappa shape index (κ3) is 2.63. The molecule has 4 nitrogen and oxygen atoms in total. The summed E-state index contributed by atoms with van der Waals surface area (Å²) in [4.78, 5) is 0. The zero-order chi connectivity index (χ0) is 14.2. The molecular formula is C13H13BrN2O2S2. The highest BCUT2D eigenvalue weighted by Crippen LogP contribution is 2.31. The van der Waals surface area contributed by atoms with Crippen molar-refractivity contribution < 1.29 is 8.42 Å². The summed E-state index contributed by atoms with van der Waals surface area (Å²) < 4.78 is 28.4. The van der Waals surface area contributed by atoms with Crippen LogP contribution in [0.4, 0.5) is 5.69 Å². The molecule has 0 radical (unpaired) electrons. The number of halogens is 1. The predicted octanol–water partition coefficient (Wildman–Crippen LogP) is 2.96. The van der Waals surface area contributed by atoms with Crippen LogP contribution in [0.3, 0.4) is 0 Å². The van der Waals surface area contributed by atoms with Crippen molar-refractivity contribution in [3.8, 4) is 0 Å². The van der Waals surface area contributed by atoms with Crippen molar-refractivity contribution in [2.45, 2.75) is 17.2 Å². The fourth-order valence-electron chi connectivity index (χ4n) is 2.27. The predicted molar refractivity (Wildman–Crippen MR) is 84.7 cm³/mol. The number of thiophene rings is 1. The van der Waals surface area contributed by atoms with Gasteiger partial charge in [-0.2, -0.15) is 0 Å². The first-order chi connectivity index (χ1) is 9.58. The lowest BCUT2D eigenvalue weighted by Crippen LogP contribution is -2.25. The van der Waals surface area contributed by atoms with Crippen LogP contribution in [-0.4, -0.2) is 15.0 Å². The van der Waals surface area contributed by atoms with E-state index < -0.39 is 10.0 Å². The fourth-order valence-corrected chi connectivity index (χ4v) is 5.70. The molecule has 0 bridgehead atoms. The van der Waals surface area contributed by atoms with E-state index in [1.54, 1.807) is 11.4 Å². The second-order valence-electron chi connectivity index (χ2n) is 4.53. The van der Waals surface area contributed by atoms with Gasteiger partial charge in [-0.3, -0.25) is 4.72 Å². The van der Waals surface area contributed by atoms with Gasteiger partial charge in [0.25, 0.3) is 10.0 Å². The second-order valence-corrected chi connectivity index (χ2v) is 8.18. The smallest absolute Gasteiger partial charge is 0.272 e. The molecule has 0 fully saturated rings. The van der Waals surface area contributed by atoms with Gasteiger partial charge in [0.05, 0.1) is 5.69 Å². The van der Waals surface area contributed by atoms with E-state index in [0.29, 0.717) is 20.9 Å². The molecular weight excluding hydrogens is 360 g/mol. The molecule has 0 atom stereocenters. The van der Waals surface area contributed by atoms with Crippen molar-refractivity contribution in [3.63, 3.8) is 0 Å². The van der Waals surface area contributed by atoms with Crippen molar-refractivity contribution in [2.24, 2.45) is 0 Å². The minimum Gasteiger partial charge on any atom is -0.312 e. The third-order valence-electron chi connectivity index (χ3n) is 3.22. The zero-order valence-electron chi connectivity index (χ0n) is 10.5. The lowest BCUT2D eigenvalue weighted by molar-refractivity contribution is 0.602. The Balaban J connectivity index is 1.98. The van der Waals surface area contributed by atoms with Crippen LogP contribution in [0, 0.1) is 0 Å². The van der Waals surface area contributed by atoms with Gasteiger partial charge in [0.1, 0.15) is 0 Å². The number of hydrogen-bond donors (Lipinski definition) is 2.